The van der Waals surface area contributed by atoms with E-state index in [-0.39, 0.29) is 5.88 Å². The zero-order valence-electron chi connectivity index (χ0n) is 6.49. The first-order valence-electron chi connectivity index (χ1n) is 3.10. The van der Waals surface area contributed by atoms with Gasteiger partial charge in [0, 0.05) is 6.07 Å². The van der Waals surface area contributed by atoms with Gasteiger partial charge in [0.2, 0.25) is 11.8 Å². The molecule has 0 fully saturated rings. The van der Waals surface area contributed by atoms with Gasteiger partial charge in [0.1, 0.15) is 0 Å². The lowest BCUT2D eigenvalue weighted by molar-refractivity contribution is 0.383. The largest absolute Gasteiger partial charge is 0.481 e. The van der Waals surface area contributed by atoms with E-state index < -0.39 is 21.1 Å². The monoisotopic (exact) mass is 209 g/mol. The van der Waals surface area contributed by atoms with Gasteiger partial charge in [0.05, 0.1) is 7.11 Å². The third-order valence-corrected chi connectivity index (χ3v) is 2.09. The van der Waals surface area contributed by atoms with Gasteiger partial charge in [-0.2, -0.15) is 17.8 Å². The Morgan fingerprint density at radius 1 is 1.46 bits per heavy atom. The SMILES string of the molecule is COc1ccc(S(=O)(=O)F)c(F)n1. The zero-order valence-corrected chi connectivity index (χ0v) is 7.31. The summed E-state index contributed by atoms with van der Waals surface area (Å²) in [5.41, 5.74) is 0. The molecule has 0 saturated heterocycles. The minimum Gasteiger partial charge on any atom is -0.481 e. The molecule has 13 heavy (non-hydrogen) atoms. The second-order valence-electron chi connectivity index (χ2n) is 2.08. The molecule has 0 atom stereocenters. The van der Waals surface area contributed by atoms with Gasteiger partial charge in [-0.25, -0.2) is 0 Å². The summed E-state index contributed by atoms with van der Waals surface area (Å²) in [5.74, 6) is -1.54. The number of pyridine rings is 1. The number of rotatable bonds is 2. The molecule has 0 amide bonds. The molecule has 1 aromatic heterocycles. The molecular formula is C6H5F2NO3S. The molecule has 0 unspecified atom stereocenters. The highest BCUT2D eigenvalue weighted by Gasteiger charge is 2.19. The molecule has 4 nitrogen and oxygen atoms in total. The highest BCUT2D eigenvalue weighted by Crippen LogP contribution is 2.17. The predicted molar refractivity (Wildman–Crippen MR) is 39.0 cm³/mol. The van der Waals surface area contributed by atoms with Crippen molar-refractivity contribution in [1.29, 1.82) is 0 Å². The molecular weight excluding hydrogens is 204 g/mol. The van der Waals surface area contributed by atoms with Gasteiger partial charge in [-0.05, 0) is 6.07 Å². The number of aromatic nitrogens is 1. The van der Waals surface area contributed by atoms with Crippen molar-refractivity contribution in [2.24, 2.45) is 0 Å². The summed E-state index contributed by atoms with van der Waals surface area (Å²) in [5, 5.41) is 0. The fraction of sp³-hybridized carbons (Fsp3) is 0.167. The summed E-state index contributed by atoms with van der Waals surface area (Å²) in [4.78, 5) is 1.96. The topological polar surface area (TPSA) is 56.3 Å². The first-order chi connectivity index (χ1) is 5.95. The maximum Gasteiger partial charge on any atom is 0.336 e. The number of nitrogens with zero attached hydrogens (tertiary/aromatic N) is 1. The van der Waals surface area contributed by atoms with Crippen LogP contribution >= 0.6 is 0 Å². The van der Waals surface area contributed by atoms with Gasteiger partial charge >= 0.3 is 10.2 Å². The molecule has 0 aliphatic rings. The summed E-state index contributed by atoms with van der Waals surface area (Å²) in [6, 6.07) is 1.80. The first-order valence-corrected chi connectivity index (χ1v) is 4.48. The summed E-state index contributed by atoms with van der Waals surface area (Å²) in [6.45, 7) is 0. The van der Waals surface area contributed by atoms with Crippen LogP contribution in [0.25, 0.3) is 0 Å². The molecule has 0 radical (unpaired) electrons. The fourth-order valence-corrected chi connectivity index (χ4v) is 1.18. The number of halogens is 2. The van der Waals surface area contributed by atoms with Gasteiger partial charge in [0.15, 0.2) is 4.90 Å². The van der Waals surface area contributed by atoms with Crippen molar-refractivity contribution < 1.29 is 21.4 Å². The molecule has 0 aromatic carbocycles. The molecule has 0 spiro atoms. The predicted octanol–water partition coefficient (Wildman–Crippen LogP) is 0.887. The summed E-state index contributed by atoms with van der Waals surface area (Å²) in [6.07, 6.45) is 0. The maximum absolute atomic E-state index is 12.7. The van der Waals surface area contributed by atoms with Crippen molar-refractivity contribution in [3.63, 3.8) is 0 Å². The Balaban J connectivity index is 3.29. The molecule has 0 aliphatic carbocycles. The lowest BCUT2D eigenvalue weighted by Gasteiger charge is -1.99. The molecule has 0 N–H and O–H groups in total. The lowest BCUT2D eigenvalue weighted by Crippen LogP contribution is -2.00. The third-order valence-electron chi connectivity index (χ3n) is 1.26. The van der Waals surface area contributed by atoms with Crippen LogP contribution in [-0.4, -0.2) is 20.5 Å². The average molecular weight is 209 g/mol. The van der Waals surface area contributed by atoms with E-state index in [0.29, 0.717) is 0 Å². The highest BCUT2D eigenvalue weighted by molar-refractivity contribution is 7.86. The minimum atomic E-state index is -5.05. The van der Waals surface area contributed by atoms with E-state index in [0.717, 1.165) is 12.1 Å². The van der Waals surface area contributed by atoms with Crippen LogP contribution in [0.15, 0.2) is 17.0 Å². The highest BCUT2D eigenvalue weighted by atomic mass is 32.3. The molecule has 1 rings (SSSR count). The van der Waals surface area contributed by atoms with Gasteiger partial charge in [-0.1, -0.05) is 0 Å². The van der Waals surface area contributed by atoms with Gasteiger partial charge in [0.25, 0.3) is 0 Å². The van der Waals surface area contributed by atoms with Crippen molar-refractivity contribution in [2.75, 3.05) is 7.11 Å². The van der Waals surface area contributed by atoms with E-state index in [4.69, 9.17) is 0 Å². The smallest absolute Gasteiger partial charge is 0.336 e. The van der Waals surface area contributed by atoms with Gasteiger partial charge in [-0.3, -0.25) is 0 Å². The quantitative estimate of drug-likeness (QED) is 0.536. The zero-order chi connectivity index (χ0) is 10.1. The Morgan fingerprint density at radius 2 is 2.08 bits per heavy atom. The van der Waals surface area contributed by atoms with Crippen LogP contribution in [0.4, 0.5) is 8.28 Å². The Labute approximate surface area is 73.4 Å². The molecule has 0 aliphatic heterocycles. The van der Waals surface area contributed by atoms with Gasteiger partial charge in [-0.15, -0.1) is 3.89 Å². The fourth-order valence-electron chi connectivity index (χ4n) is 0.700. The standard InChI is InChI=1S/C6H5F2NO3S/c1-12-5-3-2-4(6(7)9-5)13(8,10)11/h2-3H,1H3. The van der Waals surface area contributed by atoms with Crippen LogP contribution in [0.3, 0.4) is 0 Å². The van der Waals surface area contributed by atoms with E-state index in [1.165, 1.54) is 7.11 Å². The van der Waals surface area contributed by atoms with E-state index in [1.54, 1.807) is 0 Å². The lowest BCUT2D eigenvalue weighted by atomic mass is 10.5. The molecule has 0 saturated carbocycles. The molecule has 0 bridgehead atoms. The Hall–Kier alpha value is -1.24. The number of ether oxygens (including phenoxy) is 1. The van der Waals surface area contributed by atoms with Crippen molar-refractivity contribution >= 4 is 10.2 Å². The Kier molecular flexibility index (Phi) is 2.46. The molecule has 7 heteroatoms. The molecule has 1 heterocycles. The Bertz CT molecular complexity index is 418. The van der Waals surface area contributed by atoms with E-state index in [1.807, 2.05) is 0 Å². The van der Waals surface area contributed by atoms with Crippen molar-refractivity contribution in [2.45, 2.75) is 4.90 Å². The van der Waals surface area contributed by atoms with E-state index in [9.17, 15) is 16.7 Å². The summed E-state index contributed by atoms with van der Waals surface area (Å²) in [7, 11) is -3.82. The van der Waals surface area contributed by atoms with Crippen LogP contribution < -0.4 is 4.74 Å². The van der Waals surface area contributed by atoms with Crippen molar-refractivity contribution in [3.8, 4) is 5.88 Å². The van der Waals surface area contributed by atoms with Crippen LogP contribution in [-0.2, 0) is 10.2 Å². The number of hydrogen-bond donors (Lipinski definition) is 0. The second-order valence-corrected chi connectivity index (χ2v) is 3.40. The van der Waals surface area contributed by atoms with Crippen molar-refractivity contribution in [1.82, 2.24) is 4.98 Å². The van der Waals surface area contributed by atoms with Gasteiger partial charge < -0.3 is 4.74 Å². The molecule has 72 valence electrons. The van der Waals surface area contributed by atoms with Crippen LogP contribution in [0.1, 0.15) is 0 Å². The van der Waals surface area contributed by atoms with E-state index in [2.05, 4.69) is 9.72 Å². The molecule has 1 aromatic rings. The summed E-state index contributed by atoms with van der Waals surface area (Å²) >= 11 is 0. The van der Waals surface area contributed by atoms with Crippen molar-refractivity contribution in [3.05, 3.63) is 18.1 Å². The maximum atomic E-state index is 12.7. The van der Waals surface area contributed by atoms with Crippen LogP contribution in [0.2, 0.25) is 0 Å². The second kappa shape index (κ2) is 3.25. The number of methoxy groups -OCH3 is 1. The minimum absolute atomic E-state index is 0.120. The normalized spacial score (nSPS) is 11.3. The van der Waals surface area contributed by atoms with Crippen LogP contribution in [0.5, 0.6) is 5.88 Å². The summed E-state index contributed by atoms with van der Waals surface area (Å²) < 4.78 is 50.0. The average Bonchev–Trinajstić information content (AvgIpc) is 2.01. The Morgan fingerprint density at radius 3 is 2.46 bits per heavy atom. The number of hydrogen-bond acceptors (Lipinski definition) is 4. The van der Waals surface area contributed by atoms with E-state index >= 15 is 0 Å². The first kappa shape index (κ1) is 9.85. The van der Waals surface area contributed by atoms with Crippen LogP contribution in [0, 0.1) is 5.95 Å². The third kappa shape index (κ3) is 2.11.